The molecule has 1 unspecified atom stereocenters. The highest BCUT2D eigenvalue weighted by Crippen LogP contribution is 2.30. The molecule has 9 heteroatoms. The maximum absolute atomic E-state index is 12.7. The van der Waals surface area contributed by atoms with Gasteiger partial charge in [-0.25, -0.2) is 0 Å². The number of aromatic nitrogens is 4. The lowest BCUT2D eigenvalue weighted by Crippen LogP contribution is -2.35. The molecule has 26 heavy (non-hydrogen) atoms. The molecule has 0 bridgehead atoms. The Balaban J connectivity index is 1.77. The largest absolute Gasteiger partial charge is 0.351 e. The number of rotatable bonds is 6. The Labute approximate surface area is 165 Å². The van der Waals surface area contributed by atoms with Crippen molar-refractivity contribution in [2.24, 2.45) is 5.92 Å². The molecule has 0 aliphatic carbocycles. The summed E-state index contributed by atoms with van der Waals surface area (Å²) in [6.07, 6.45) is 5.12. The lowest BCUT2D eigenvalue weighted by molar-refractivity contribution is -0.121. The van der Waals surface area contributed by atoms with E-state index in [-0.39, 0.29) is 17.1 Å². The fraction of sp³-hybridized carbons (Fsp3) is 0.294. The van der Waals surface area contributed by atoms with Crippen LogP contribution in [0.1, 0.15) is 19.4 Å². The van der Waals surface area contributed by atoms with Crippen molar-refractivity contribution in [3.63, 3.8) is 0 Å². The molecule has 0 aliphatic heterocycles. The highest BCUT2D eigenvalue weighted by atomic mass is 35.5. The number of nitrogens with zero attached hydrogens (tertiary/aromatic N) is 4. The molecule has 0 aromatic carbocycles. The second-order valence-electron chi connectivity index (χ2n) is 6.04. The first-order chi connectivity index (χ1) is 12.5. The van der Waals surface area contributed by atoms with Gasteiger partial charge in [-0.05, 0) is 23.6 Å². The van der Waals surface area contributed by atoms with Gasteiger partial charge in [0.2, 0.25) is 5.91 Å². The van der Waals surface area contributed by atoms with Crippen molar-refractivity contribution < 1.29 is 4.79 Å². The molecular weight excluding hydrogens is 393 g/mol. The first-order valence-electron chi connectivity index (χ1n) is 7.98. The van der Waals surface area contributed by atoms with E-state index in [2.05, 4.69) is 20.5 Å². The molecule has 1 N–H and O–H groups in total. The minimum Gasteiger partial charge on any atom is -0.351 e. The molecule has 0 aliphatic rings. The van der Waals surface area contributed by atoms with Gasteiger partial charge in [0.1, 0.15) is 0 Å². The van der Waals surface area contributed by atoms with Crippen molar-refractivity contribution >= 4 is 46.5 Å². The fourth-order valence-electron chi connectivity index (χ4n) is 2.38. The summed E-state index contributed by atoms with van der Waals surface area (Å²) < 4.78 is 1.71. The van der Waals surface area contributed by atoms with Crippen molar-refractivity contribution in [3.8, 4) is 0 Å². The third-order valence-electron chi connectivity index (χ3n) is 3.68. The first-order valence-corrected chi connectivity index (χ1v) is 9.62. The number of nitrogens with one attached hydrogen (secondary N) is 1. The van der Waals surface area contributed by atoms with Gasteiger partial charge in [-0.3, -0.25) is 14.2 Å². The summed E-state index contributed by atoms with van der Waals surface area (Å²) in [5, 5.41) is 12.3. The second kappa shape index (κ2) is 8.24. The Morgan fingerprint density at radius 1 is 1.35 bits per heavy atom. The van der Waals surface area contributed by atoms with Crippen LogP contribution in [0.25, 0.3) is 5.65 Å². The quantitative estimate of drug-likeness (QED) is 0.625. The van der Waals surface area contributed by atoms with Crippen molar-refractivity contribution in [3.05, 3.63) is 52.4 Å². The van der Waals surface area contributed by atoms with E-state index in [1.54, 1.807) is 29.1 Å². The molecule has 0 spiro atoms. The Bertz CT molecular complexity index is 916. The van der Waals surface area contributed by atoms with Gasteiger partial charge >= 0.3 is 0 Å². The lowest BCUT2D eigenvalue weighted by Gasteiger charge is -2.19. The Hall–Kier alpha value is -1.83. The lowest BCUT2D eigenvalue weighted by atomic mass is 10.1. The smallest absolute Gasteiger partial charge is 0.234 e. The van der Waals surface area contributed by atoms with Gasteiger partial charge in [0.15, 0.2) is 10.8 Å². The Morgan fingerprint density at radius 3 is 2.85 bits per heavy atom. The molecule has 0 fully saturated rings. The van der Waals surface area contributed by atoms with Crippen LogP contribution in [0.4, 0.5) is 0 Å². The predicted molar refractivity (Wildman–Crippen MR) is 104 cm³/mol. The summed E-state index contributed by atoms with van der Waals surface area (Å²) in [5.74, 6) is 0.0228. The van der Waals surface area contributed by atoms with Crippen LogP contribution in [0.3, 0.4) is 0 Å². The highest BCUT2D eigenvalue weighted by Gasteiger charge is 2.26. The number of fused-ring (bicyclic) bond motifs is 1. The van der Waals surface area contributed by atoms with Crippen LogP contribution >= 0.6 is 35.0 Å². The summed E-state index contributed by atoms with van der Waals surface area (Å²) in [7, 11) is 0. The zero-order valence-electron chi connectivity index (χ0n) is 14.2. The van der Waals surface area contributed by atoms with Crippen LogP contribution in [0.5, 0.6) is 0 Å². The number of thioether (sulfide) groups is 1. The van der Waals surface area contributed by atoms with E-state index < -0.39 is 0 Å². The number of halogens is 2. The minimum atomic E-state index is -0.336. The monoisotopic (exact) mass is 409 g/mol. The van der Waals surface area contributed by atoms with E-state index in [4.69, 9.17) is 23.2 Å². The number of carbonyl (C=O) groups excluding carboxylic acids is 1. The van der Waals surface area contributed by atoms with Gasteiger partial charge in [0, 0.05) is 25.1 Å². The molecule has 136 valence electrons. The van der Waals surface area contributed by atoms with Crippen LogP contribution in [-0.2, 0) is 11.3 Å². The molecule has 3 heterocycles. The number of hydrogen-bond acceptors (Lipinski definition) is 5. The van der Waals surface area contributed by atoms with Gasteiger partial charge in [-0.1, -0.05) is 54.9 Å². The fourth-order valence-corrected chi connectivity index (χ4v) is 3.92. The average molecular weight is 410 g/mol. The van der Waals surface area contributed by atoms with Crippen LogP contribution in [0.15, 0.2) is 41.9 Å². The standard InChI is InChI=1S/C17H17Cl2N5OS/c1-10(2)14(16(25)21-8-11-4-3-5-20-7-11)26-17-23-22-15-13(19)6-12(18)9-24(15)17/h3-7,9-10,14H,8H2,1-2H3,(H,21,25). The molecule has 3 aromatic heterocycles. The number of carbonyl (C=O) groups is 1. The zero-order chi connectivity index (χ0) is 18.7. The van der Waals surface area contributed by atoms with E-state index in [1.165, 1.54) is 11.8 Å². The molecule has 1 amide bonds. The average Bonchev–Trinajstić information content (AvgIpc) is 3.01. The maximum atomic E-state index is 12.7. The summed E-state index contributed by atoms with van der Waals surface area (Å²) in [6.45, 7) is 4.41. The summed E-state index contributed by atoms with van der Waals surface area (Å²) in [6, 6.07) is 5.37. The van der Waals surface area contributed by atoms with Crippen LogP contribution in [0.2, 0.25) is 10.0 Å². The van der Waals surface area contributed by atoms with Gasteiger partial charge in [0.05, 0.1) is 15.3 Å². The van der Waals surface area contributed by atoms with Gasteiger partial charge in [0.25, 0.3) is 0 Å². The summed E-state index contributed by atoms with van der Waals surface area (Å²) in [4.78, 5) is 16.7. The van der Waals surface area contributed by atoms with Crippen molar-refractivity contribution in [2.75, 3.05) is 0 Å². The highest BCUT2D eigenvalue weighted by molar-refractivity contribution is 8.00. The molecule has 0 saturated heterocycles. The topological polar surface area (TPSA) is 72.2 Å². The number of hydrogen-bond donors (Lipinski definition) is 1. The number of amides is 1. The van der Waals surface area contributed by atoms with Gasteiger partial charge in [-0.15, -0.1) is 10.2 Å². The maximum Gasteiger partial charge on any atom is 0.234 e. The van der Waals surface area contributed by atoms with E-state index in [0.717, 1.165) is 5.56 Å². The summed E-state index contributed by atoms with van der Waals surface area (Å²) >= 11 is 13.6. The molecule has 0 saturated carbocycles. The zero-order valence-corrected chi connectivity index (χ0v) is 16.5. The second-order valence-corrected chi connectivity index (χ2v) is 8.00. The molecule has 0 radical (unpaired) electrons. The normalized spacial score (nSPS) is 12.5. The third kappa shape index (κ3) is 4.28. The predicted octanol–water partition coefficient (Wildman–Crippen LogP) is 3.86. The van der Waals surface area contributed by atoms with E-state index >= 15 is 0 Å². The first kappa shape index (κ1) is 18.9. The summed E-state index contributed by atoms with van der Waals surface area (Å²) in [5.41, 5.74) is 1.46. The van der Waals surface area contributed by atoms with E-state index in [1.807, 2.05) is 26.0 Å². The van der Waals surface area contributed by atoms with E-state index in [0.29, 0.717) is 27.4 Å². The van der Waals surface area contributed by atoms with Crippen molar-refractivity contribution in [2.45, 2.75) is 30.8 Å². The van der Waals surface area contributed by atoms with Gasteiger partial charge in [-0.2, -0.15) is 0 Å². The Kier molecular flexibility index (Phi) is 6.01. The molecule has 6 nitrogen and oxygen atoms in total. The minimum absolute atomic E-state index is 0.0706. The van der Waals surface area contributed by atoms with Gasteiger partial charge < -0.3 is 5.32 Å². The molecule has 3 aromatic rings. The molecular formula is C17H17Cl2N5OS. The Morgan fingerprint density at radius 2 is 2.15 bits per heavy atom. The van der Waals surface area contributed by atoms with Crippen molar-refractivity contribution in [1.29, 1.82) is 0 Å². The van der Waals surface area contributed by atoms with Crippen LogP contribution in [0, 0.1) is 5.92 Å². The third-order valence-corrected chi connectivity index (χ3v) is 5.67. The SMILES string of the molecule is CC(C)C(Sc1nnc2c(Cl)cc(Cl)cn12)C(=O)NCc1cccnc1. The van der Waals surface area contributed by atoms with E-state index in [9.17, 15) is 4.79 Å². The van der Waals surface area contributed by atoms with Crippen molar-refractivity contribution in [1.82, 2.24) is 24.9 Å². The number of pyridine rings is 2. The molecule has 1 atom stereocenters. The molecule has 3 rings (SSSR count). The van der Waals surface area contributed by atoms with Crippen LogP contribution < -0.4 is 5.32 Å². The van der Waals surface area contributed by atoms with Crippen LogP contribution in [-0.4, -0.2) is 30.7 Å².